The molecule has 0 aliphatic heterocycles. The van der Waals surface area contributed by atoms with Crippen LogP contribution in [0.2, 0.25) is 5.02 Å². The molecule has 22 heavy (non-hydrogen) atoms. The fourth-order valence-electron chi connectivity index (χ4n) is 2.12. The first-order valence-electron chi connectivity index (χ1n) is 6.80. The Labute approximate surface area is 136 Å². The molecule has 3 rings (SSSR count). The smallest absolute Gasteiger partial charge is 0.226 e. The summed E-state index contributed by atoms with van der Waals surface area (Å²) in [6, 6.07) is 17.1. The number of rotatable bonds is 5. The molecule has 3 nitrogen and oxygen atoms in total. The summed E-state index contributed by atoms with van der Waals surface area (Å²) in [4.78, 5) is 4.39. The molecule has 0 saturated heterocycles. The van der Waals surface area contributed by atoms with Crippen LogP contribution in [-0.4, -0.2) is 9.19 Å². The van der Waals surface area contributed by atoms with Gasteiger partial charge in [-0.15, -0.1) is 0 Å². The first-order chi connectivity index (χ1) is 10.7. The van der Waals surface area contributed by atoms with Crippen molar-refractivity contribution < 1.29 is 8.63 Å². The van der Waals surface area contributed by atoms with Crippen LogP contribution in [0.1, 0.15) is 11.3 Å². The van der Waals surface area contributed by atoms with E-state index in [1.54, 1.807) is 12.3 Å². The van der Waals surface area contributed by atoms with E-state index >= 15 is 0 Å². The summed E-state index contributed by atoms with van der Waals surface area (Å²) < 4.78 is 17.7. The third-order valence-electron chi connectivity index (χ3n) is 3.10. The van der Waals surface area contributed by atoms with Gasteiger partial charge in [-0.25, -0.2) is 4.98 Å². The second-order valence-corrected chi connectivity index (χ2v) is 6.76. The van der Waals surface area contributed by atoms with Gasteiger partial charge in [0.15, 0.2) is 0 Å². The predicted molar refractivity (Wildman–Crippen MR) is 88.9 cm³/mol. The molecule has 2 aromatic carbocycles. The Morgan fingerprint density at radius 2 is 1.86 bits per heavy atom. The molecule has 0 spiro atoms. The van der Waals surface area contributed by atoms with Crippen LogP contribution in [0.3, 0.4) is 0 Å². The molecule has 0 aliphatic rings. The molecular weight excluding hydrogens is 318 g/mol. The van der Waals surface area contributed by atoms with Crippen LogP contribution in [0.25, 0.3) is 11.5 Å². The second kappa shape index (κ2) is 6.90. The summed E-state index contributed by atoms with van der Waals surface area (Å²) in [7, 11) is -1.05. The van der Waals surface area contributed by atoms with Crippen molar-refractivity contribution in [3.8, 4) is 11.5 Å². The highest BCUT2D eigenvalue weighted by atomic mass is 35.5. The van der Waals surface area contributed by atoms with Crippen molar-refractivity contribution in [1.82, 2.24) is 4.98 Å². The van der Waals surface area contributed by atoms with Gasteiger partial charge in [0, 0.05) is 27.1 Å². The molecule has 0 bridgehead atoms. The lowest BCUT2D eigenvalue weighted by Gasteiger charge is -2.01. The summed E-state index contributed by atoms with van der Waals surface area (Å²) >= 11 is 5.93. The number of benzene rings is 2. The molecule has 0 amide bonds. The molecule has 1 aromatic heterocycles. The Kier molecular flexibility index (Phi) is 4.71. The van der Waals surface area contributed by atoms with E-state index in [-0.39, 0.29) is 0 Å². The fourth-order valence-corrected chi connectivity index (χ4v) is 3.44. The van der Waals surface area contributed by atoms with E-state index in [2.05, 4.69) is 4.98 Å². The van der Waals surface area contributed by atoms with Crippen molar-refractivity contribution in [3.63, 3.8) is 0 Å². The van der Waals surface area contributed by atoms with E-state index in [0.717, 1.165) is 11.1 Å². The first-order valence-corrected chi connectivity index (χ1v) is 8.66. The molecule has 1 heterocycles. The number of halogens is 1. The minimum absolute atomic E-state index is 0.364. The van der Waals surface area contributed by atoms with Crippen molar-refractivity contribution in [3.05, 3.63) is 77.1 Å². The van der Waals surface area contributed by atoms with Gasteiger partial charge >= 0.3 is 0 Å². The number of aromatic nitrogens is 1. The molecular formula is C17H14ClNO2S. The molecule has 3 aromatic rings. The van der Waals surface area contributed by atoms with Crippen LogP contribution in [0.15, 0.2) is 65.3 Å². The van der Waals surface area contributed by atoms with Gasteiger partial charge in [-0.2, -0.15) is 0 Å². The summed E-state index contributed by atoms with van der Waals surface area (Å²) in [5, 5.41) is 0.655. The highest BCUT2D eigenvalue weighted by Gasteiger charge is 2.10. The third-order valence-corrected chi connectivity index (χ3v) is 4.61. The number of oxazole rings is 1. The number of hydrogen-bond donors (Lipinski definition) is 0. The molecule has 0 aliphatic carbocycles. The standard InChI is InChI=1S/C17H14ClNO2S/c18-15-8-4-5-13(9-15)11-22(20)12-16-10-21-17(19-16)14-6-2-1-3-7-14/h1-10H,11-12H2. The molecule has 1 atom stereocenters. The van der Waals surface area contributed by atoms with Crippen LogP contribution < -0.4 is 0 Å². The lowest BCUT2D eigenvalue weighted by Crippen LogP contribution is -1.99. The van der Waals surface area contributed by atoms with Crippen molar-refractivity contribution in [2.75, 3.05) is 0 Å². The third kappa shape index (κ3) is 3.84. The zero-order valence-corrected chi connectivity index (χ0v) is 13.3. The lowest BCUT2D eigenvalue weighted by molar-refractivity contribution is 0.573. The van der Waals surface area contributed by atoms with E-state index in [9.17, 15) is 4.21 Å². The van der Waals surface area contributed by atoms with Gasteiger partial charge in [-0.3, -0.25) is 4.21 Å². The van der Waals surface area contributed by atoms with Crippen LogP contribution in [0.4, 0.5) is 0 Å². The molecule has 0 fully saturated rings. The van der Waals surface area contributed by atoms with Crippen molar-refractivity contribution >= 4 is 22.4 Å². The van der Waals surface area contributed by atoms with Gasteiger partial charge < -0.3 is 4.42 Å². The van der Waals surface area contributed by atoms with E-state index in [1.807, 2.05) is 48.5 Å². The zero-order valence-electron chi connectivity index (χ0n) is 11.7. The van der Waals surface area contributed by atoms with E-state index in [4.69, 9.17) is 16.0 Å². The van der Waals surface area contributed by atoms with E-state index in [0.29, 0.717) is 28.1 Å². The Morgan fingerprint density at radius 1 is 1.05 bits per heavy atom. The molecule has 1 unspecified atom stereocenters. The van der Waals surface area contributed by atoms with Gasteiger partial charge in [0.2, 0.25) is 5.89 Å². The minimum Gasteiger partial charge on any atom is -0.444 e. The van der Waals surface area contributed by atoms with E-state index in [1.165, 1.54) is 0 Å². The van der Waals surface area contributed by atoms with Gasteiger partial charge in [-0.1, -0.05) is 41.9 Å². The van der Waals surface area contributed by atoms with Gasteiger partial charge in [0.05, 0.1) is 11.4 Å². The summed E-state index contributed by atoms with van der Waals surface area (Å²) in [6.07, 6.45) is 1.57. The summed E-state index contributed by atoms with van der Waals surface area (Å²) in [5.41, 5.74) is 2.56. The Hall–Kier alpha value is -1.91. The SMILES string of the molecule is O=S(Cc1cccc(Cl)c1)Cc1coc(-c2ccccc2)n1. The predicted octanol–water partition coefficient (Wildman–Crippen LogP) is 4.44. The summed E-state index contributed by atoms with van der Waals surface area (Å²) in [6.45, 7) is 0. The van der Waals surface area contributed by atoms with Gasteiger partial charge in [0.1, 0.15) is 6.26 Å². The maximum absolute atomic E-state index is 12.2. The topological polar surface area (TPSA) is 43.1 Å². The Bertz CT molecular complexity index is 786. The summed E-state index contributed by atoms with van der Waals surface area (Å²) in [5.74, 6) is 1.37. The van der Waals surface area contributed by atoms with Crippen molar-refractivity contribution in [2.45, 2.75) is 11.5 Å². The minimum atomic E-state index is -1.05. The first kappa shape index (κ1) is 15.0. The highest BCUT2D eigenvalue weighted by Crippen LogP contribution is 2.19. The monoisotopic (exact) mass is 331 g/mol. The van der Waals surface area contributed by atoms with Gasteiger partial charge in [0.25, 0.3) is 0 Å². The molecule has 5 heteroatoms. The molecule has 0 N–H and O–H groups in total. The van der Waals surface area contributed by atoms with E-state index < -0.39 is 10.8 Å². The Balaban J connectivity index is 1.66. The zero-order chi connectivity index (χ0) is 15.4. The quantitative estimate of drug-likeness (QED) is 0.694. The largest absolute Gasteiger partial charge is 0.444 e. The average molecular weight is 332 g/mol. The van der Waals surface area contributed by atoms with Crippen LogP contribution in [0.5, 0.6) is 0 Å². The van der Waals surface area contributed by atoms with Crippen LogP contribution >= 0.6 is 11.6 Å². The normalized spacial score (nSPS) is 12.2. The Morgan fingerprint density at radius 3 is 2.64 bits per heavy atom. The van der Waals surface area contributed by atoms with Crippen molar-refractivity contribution in [2.24, 2.45) is 0 Å². The fraction of sp³-hybridized carbons (Fsp3) is 0.118. The molecule has 0 saturated carbocycles. The highest BCUT2D eigenvalue weighted by molar-refractivity contribution is 7.83. The number of nitrogens with zero attached hydrogens (tertiary/aromatic N) is 1. The number of hydrogen-bond acceptors (Lipinski definition) is 3. The maximum atomic E-state index is 12.2. The van der Waals surface area contributed by atoms with Crippen LogP contribution in [0, 0.1) is 0 Å². The molecule has 0 radical (unpaired) electrons. The lowest BCUT2D eigenvalue weighted by atomic mass is 10.2. The maximum Gasteiger partial charge on any atom is 0.226 e. The molecule has 112 valence electrons. The van der Waals surface area contributed by atoms with Crippen LogP contribution in [-0.2, 0) is 22.3 Å². The van der Waals surface area contributed by atoms with Crippen molar-refractivity contribution in [1.29, 1.82) is 0 Å². The van der Waals surface area contributed by atoms with Gasteiger partial charge in [-0.05, 0) is 29.8 Å². The average Bonchev–Trinajstić information content (AvgIpc) is 2.96. The second-order valence-electron chi connectivity index (χ2n) is 4.87.